The van der Waals surface area contributed by atoms with Gasteiger partial charge in [0.15, 0.2) is 6.61 Å². The van der Waals surface area contributed by atoms with Crippen LogP contribution in [0.4, 0.5) is 10.1 Å². The summed E-state index contributed by atoms with van der Waals surface area (Å²) in [5.41, 5.74) is 2.72. The number of amides is 1. The number of fused-ring (bicyclic) bond motifs is 1. The van der Waals surface area contributed by atoms with Crippen LogP contribution in [0.1, 0.15) is 11.3 Å². The van der Waals surface area contributed by atoms with Crippen molar-refractivity contribution in [2.24, 2.45) is 0 Å². The van der Waals surface area contributed by atoms with Crippen molar-refractivity contribution >= 4 is 29.0 Å². The van der Waals surface area contributed by atoms with Gasteiger partial charge in [0.25, 0.3) is 11.5 Å². The number of halogens is 1. The quantitative estimate of drug-likeness (QED) is 0.422. The maximum Gasteiger partial charge on any atom is 0.262 e. The third kappa shape index (κ3) is 5.33. The Balaban J connectivity index is 1.42. The second-order valence-corrected chi connectivity index (χ2v) is 8.12. The number of carbonyl (C=O) groups is 1. The molecule has 2 aromatic heterocycles. The normalized spacial score (nSPS) is 10.8. The topological polar surface area (TPSA) is 72.7 Å². The van der Waals surface area contributed by atoms with E-state index in [4.69, 9.17) is 4.74 Å². The number of hydrogen-bond acceptors (Lipinski definition) is 5. The number of para-hydroxylation sites is 1. The van der Waals surface area contributed by atoms with Gasteiger partial charge in [0.1, 0.15) is 17.2 Å². The highest BCUT2D eigenvalue weighted by atomic mass is 32.2. The number of benzene rings is 2. The molecular formula is C24H20FN3O3S. The number of aryl methyl sites for hydroxylation is 1. The van der Waals surface area contributed by atoms with E-state index < -0.39 is 5.82 Å². The molecule has 0 saturated heterocycles. The van der Waals surface area contributed by atoms with Crippen molar-refractivity contribution in [3.63, 3.8) is 0 Å². The lowest BCUT2D eigenvalue weighted by Crippen LogP contribution is -2.20. The van der Waals surface area contributed by atoms with Crippen molar-refractivity contribution in [2.75, 3.05) is 11.9 Å². The molecule has 8 heteroatoms. The summed E-state index contributed by atoms with van der Waals surface area (Å²) in [5.74, 6) is -0.0418. The highest BCUT2D eigenvalue weighted by Crippen LogP contribution is 2.29. The first-order valence-corrected chi connectivity index (χ1v) is 10.9. The van der Waals surface area contributed by atoms with Crippen LogP contribution in [0, 0.1) is 12.7 Å². The Morgan fingerprint density at radius 2 is 1.97 bits per heavy atom. The van der Waals surface area contributed by atoms with Gasteiger partial charge in [-0.2, -0.15) is 0 Å². The van der Waals surface area contributed by atoms with Crippen LogP contribution < -0.4 is 15.6 Å². The number of pyridine rings is 1. The van der Waals surface area contributed by atoms with Gasteiger partial charge in [0.05, 0.1) is 11.4 Å². The van der Waals surface area contributed by atoms with Gasteiger partial charge in [0.2, 0.25) is 0 Å². The molecule has 162 valence electrons. The molecule has 4 aromatic rings. The summed E-state index contributed by atoms with van der Waals surface area (Å²) < 4.78 is 20.1. The minimum absolute atomic E-state index is 0.134. The monoisotopic (exact) mass is 449 g/mol. The Kier molecular flexibility index (Phi) is 6.51. The highest BCUT2D eigenvalue weighted by molar-refractivity contribution is 7.98. The molecule has 1 amide bonds. The zero-order valence-corrected chi connectivity index (χ0v) is 18.1. The average Bonchev–Trinajstić information content (AvgIpc) is 2.78. The molecule has 0 fully saturated rings. The third-order valence-corrected chi connectivity index (χ3v) is 5.67. The van der Waals surface area contributed by atoms with E-state index in [1.54, 1.807) is 18.3 Å². The van der Waals surface area contributed by atoms with Crippen molar-refractivity contribution in [1.82, 2.24) is 9.38 Å². The summed E-state index contributed by atoms with van der Waals surface area (Å²) in [4.78, 5) is 30.1. The van der Waals surface area contributed by atoms with Crippen LogP contribution in [0.2, 0.25) is 0 Å². The lowest BCUT2D eigenvalue weighted by Gasteiger charge is -2.12. The average molecular weight is 450 g/mol. The van der Waals surface area contributed by atoms with Gasteiger partial charge in [-0.1, -0.05) is 24.3 Å². The molecule has 6 nitrogen and oxygen atoms in total. The standard InChI is InChI=1S/C24H20FN3O3S/c1-16-9-10-22-26-18(12-24(30)28(22)13-16)15-32-21-8-3-2-7-20(21)27-23(29)14-31-19-6-4-5-17(25)11-19/h2-13H,14-15H2,1H3,(H,27,29). The van der Waals surface area contributed by atoms with Crippen molar-refractivity contribution in [2.45, 2.75) is 17.6 Å². The van der Waals surface area contributed by atoms with E-state index in [2.05, 4.69) is 10.3 Å². The SMILES string of the molecule is Cc1ccc2nc(CSc3ccccc3NC(=O)COc3cccc(F)c3)cc(=O)n2c1. The van der Waals surface area contributed by atoms with E-state index in [-0.39, 0.29) is 23.8 Å². The zero-order valence-electron chi connectivity index (χ0n) is 17.2. The summed E-state index contributed by atoms with van der Waals surface area (Å²) in [7, 11) is 0. The summed E-state index contributed by atoms with van der Waals surface area (Å²) >= 11 is 1.46. The van der Waals surface area contributed by atoms with Crippen molar-refractivity contribution in [3.05, 3.63) is 100 Å². The summed E-state index contributed by atoms with van der Waals surface area (Å²) in [6.07, 6.45) is 1.76. The fourth-order valence-electron chi connectivity index (χ4n) is 3.07. The molecule has 0 aliphatic heterocycles. The lowest BCUT2D eigenvalue weighted by molar-refractivity contribution is -0.118. The first kappa shape index (κ1) is 21.6. The van der Waals surface area contributed by atoms with E-state index in [9.17, 15) is 14.0 Å². The van der Waals surface area contributed by atoms with E-state index in [0.717, 1.165) is 10.5 Å². The van der Waals surface area contributed by atoms with Gasteiger partial charge in [-0.3, -0.25) is 14.0 Å². The van der Waals surface area contributed by atoms with Gasteiger partial charge < -0.3 is 10.1 Å². The molecule has 0 aliphatic carbocycles. The summed E-state index contributed by atoms with van der Waals surface area (Å²) in [5, 5.41) is 2.81. The number of nitrogens with zero attached hydrogens (tertiary/aromatic N) is 2. The minimum Gasteiger partial charge on any atom is -0.484 e. The van der Waals surface area contributed by atoms with Gasteiger partial charge in [-0.15, -0.1) is 11.8 Å². The number of thioether (sulfide) groups is 1. The number of ether oxygens (including phenoxy) is 1. The molecule has 0 bridgehead atoms. The number of carbonyl (C=O) groups excluding carboxylic acids is 1. The van der Waals surface area contributed by atoms with Crippen molar-refractivity contribution in [1.29, 1.82) is 0 Å². The van der Waals surface area contributed by atoms with E-state index in [1.807, 2.05) is 37.3 Å². The van der Waals surface area contributed by atoms with E-state index >= 15 is 0 Å². The summed E-state index contributed by atoms with van der Waals surface area (Å²) in [6, 6.07) is 18.2. The molecule has 0 unspecified atom stereocenters. The number of rotatable bonds is 7. The largest absolute Gasteiger partial charge is 0.484 e. The highest BCUT2D eigenvalue weighted by Gasteiger charge is 2.10. The fraction of sp³-hybridized carbons (Fsp3) is 0.125. The maximum atomic E-state index is 13.2. The molecule has 0 saturated carbocycles. The van der Waals surface area contributed by atoms with Gasteiger partial charge >= 0.3 is 0 Å². The number of hydrogen-bond donors (Lipinski definition) is 1. The molecular weight excluding hydrogens is 429 g/mol. The third-order valence-electron chi connectivity index (χ3n) is 4.56. The van der Waals surface area contributed by atoms with Crippen LogP contribution in [0.25, 0.3) is 5.65 Å². The van der Waals surface area contributed by atoms with E-state index in [1.165, 1.54) is 40.4 Å². The van der Waals surface area contributed by atoms with Crippen LogP contribution in [0.5, 0.6) is 5.75 Å². The smallest absolute Gasteiger partial charge is 0.262 e. The first-order valence-electron chi connectivity index (χ1n) is 9.87. The predicted octanol–water partition coefficient (Wildman–Crippen LogP) is 4.45. The number of anilines is 1. The summed E-state index contributed by atoms with van der Waals surface area (Å²) in [6.45, 7) is 1.68. The van der Waals surface area contributed by atoms with Crippen molar-refractivity contribution < 1.29 is 13.9 Å². The molecule has 0 aliphatic rings. The van der Waals surface area contributed by atoms with Crippen LogP contribution >= 0.6 is 11.8 Å². The Morgan fingerprint density at radius 3 is 2.81 bits per heavy atom. The maximum absolute atomic E-state index is 13.2. The molecule has 0 atom stereocenters. The molecule has 2 heterocycles. The molecule has 2 aromatic carbocycles. The zero-order chi connectivity index (χ0) is 22.5. The Bertz CT molecular complexity index is 1340. The van der Waals surface area contributed by atoms with Crippen LogP contribution in [-0.4, -0.2) is 21.9 Å². The number of aromatic nitrogens is 2. The molecule has 0 spiro atoms. The van der Waals surface area contributed by atoms with Gasteiger partial charge in [-0.25, -0.2) is 9.37 Å². The Hall–Kier alpha value is -3.65. The second kappa shape index (κ2) is 9.65. The molecule has 0 radical (unpaired) electrons. The molecule has 32 heavy (non-hydrogen) atoms. The van der Waals surface area contributed by atoms with Gasteiger partial charge in [0, 0.05) is 29.0 Å². The van der Waals surface area contributed by atoms with Crippen LogP contribution in [0.3, 0.4) is 0 Å². The Labute approximate surface area is 188 Å². The molecule has 4 rings (SSSR count). The van der Waals surface area contributed by atoms with E-state index in [0.29, 0.717) is 22.8 Å². The van der Waals surface area contributed by atoms with Crippen LogP contribution in [-0.2, 0) is 10.5 Å². The van der Waals surface area contributed by atoms with Crippen molar-refractivity contribution in [3.8, 4) is 5.75 Å². The Morgan fingerprint density at radius 1 is 1.12 bits per heavy atom. The van der Waals surface area contributed by atoms with Crippen LogP contribution in [0.15, 0.2) is 82.6 Å². The lowest BCUT2D eigenvalue weighted by atomic mass is 10.3. The second-order valence-electron chi connectivity index (χ2n) is 7.10. The minimum atomic E-state index is -0.429. The number of nitrogens with one attached hydrogen (secondary N) is 1. The predicted molar refractivity (Wildman–Crippen MR) is 123 cm³/mol. The fourth-order valence-corrected chi connectivity index (χ4v) is 3.97. The molecule has 1 N–H and O–H groups in total. The van der Waals surface area contributed by atoms with Gasteiger partial charge in [-0.05, 0) is 42.8 Å². The first-order chi connectivity index (χ1) is 15.5.